The highest BCUT2D eigenvalue weighted by molar-refractivity contribution is 9.11. The largest absolute Gasteiger partial charge is 0.313 e. The Morgan fingerprint density at radius 1 is 1.55 bits per heavy atom. The van der Waals surface area contributed by atoms with Gasteiger partial charge in [0.25, 0.3) is 0 Å². The first-order chi connectivity index (χ1) is 9.45. The third-order valence-corrected chi connectivity index (χ3v) is 7.19. The Kier molecular flexibility index (Phi) is 5.64. The molecule has 0 bridgehead atoms. The molecule has 1 aromatic heterocycles. The maximum Gasteiger partial charge on any atom is 0.244 e. The number of thiophene rings is 1. The van der Waals surface area contributed by atoms with E-state index in [0.29, 0.717) is 24.0 Å². The second kappa shape index (κ2) is 6.87. The maximum absolute atomic E-state index is 12.8. The molecule has 7 heteroatoms. The molecule has 1 aliphatic rings. The van der Waals surface area contributed by atoms with Gasteiger partial charge in [-0.2, -0.15) is 4.31 Å². The van der Waals surface area contributed by atoms with Gasteiger partial charge in [-0.15, -0.1) is 11.3 Å². The molecule has 1 saturated heterocycles. The van der Waals surface area contributed by atoms with Gasteiger partial charge < -0.3 is 5.32 Å². The molecule has 0 amide bonds. The zero-order chi connectivity index (χ0) is 14.8. The van der Waals surface area contributed by atoms with Crippen molar-refractivity contribution in [3.8, 4) is 0 Å². The lowest BCUT2D eigenvalue weighted by atomic mass is 10.2. The van der Waals surface area contributed by atoms with Gasteiger partial charge in [-0.25, -0.2) is 8.42 Å². The van der Waals surface area contributed by atoms with E-state index in [1.54, 1.807) is 10.4 Å². The van der Waals surface area contributed by atoms with Gasteiger partial charge in [-0.05, 0) is 54.7 Å². The fraction of sp³-hybridized carbons (Fsp3) is 0.692. The van der Waals surface area contributed by atoms with Crippen molar-refractivity contribution in [2.24, 2.45) is 0 Å². The molecule has 2 rings (SSSR count). The van der Waals surface area contributed by atoms with Gasteiger partial charge in [0.15, 0.2) is 0 Å². The average Bonchev–Trinajstić information content (AvgIpc) is 2.98. The predicted octanol–water partition coefficient (Wildman–Crippen LogP) is 2.97. The summed E-state index contributed by atoms with van der Waals surface area (Å²) in [6, 6.07) is 2.01. The van der Waals surface area contributed by atoms with Crippen molar-refractivity contribution in [2.45, 2.75) is 44.0 Å². The molecule has 1 atom stereocenters. The second-order valence-corrected chi connectivity index (χ2v) is 9.67. The van der Waals surface area contributed by atoms with E-state index in [9.17, 15) is 8.42 Å². The lowest BCUT2D eigenvalue weighted by molar-refractivity contribution is 0.369. The molecular formula is C13H21BrN2O2S2. The Bertz CT molecular complexity index is 551. The number of sulfonamides is 1. The third-order valence-electron chi connectivity index (χ3n) is 3.52. The van der Waals surface area contributed by atoms with Gasteiger partial charge in [0.05, 0.1) is 8.68 Å². The zero-order valence-electron chi connectivity index (χ0n) is 11.9. The van der Waals surface area contributed by atoms with Crippen molar-refractivity contribution < 1.29 is 8.42 Å². The Morgan fingerprint density at radius 3 is 2.80 bits per heavy atom. The summed E-state index contributed by atoms with van der Waals surface area (Å²) in [6.07, 6.45) is 3.02. The lowest BCUT2D eigenvalue weighted by Crippen LogP contribution is -2.41. The number of nitrogens with zero attached hydrogens (tertiary/aromatic N) is 1. The van der Waals surface area contributed by atoms with Gasteiger partial charge >= 0.3 is 0 Å². The maximum atomic E-state index is 12.8. The molecule has 0 saturated carbocycles. The second-order valence-electron chi connectivity index (χ2n) is 5.13. The molecule has 0 aromatic carbocycles. The molecule has 114 valence electrons. The Balaban J connectivity index is 2.24. The minimum absolute atomic E-state index is 0.290. The standard InChI is InChI=1S/C13H21BrN2O2S2/c1-3-7-16(9-11-5-4-6-15-11)20(17,18)12-8-13(14)19-10(12)2/h8,11,15H,3-7,9H2,1-2H3. The van der Waals surface area contributed by atoms with Crippen LogP contribution in [0.15, 0.2) is 14.7 Å². The van der Waals surface area contributed by atoms with E-state index < -0.39 is 10.0 Å². The molecule has 20 heavy (non-hydrogen) atoms. The molecular weight excluding hydrogens is 360 g/mol. The first-order valence-corrected chi connectivity index (χ1v) is 9.99. The van der Waals surface area contributed by atoms with E-state index in [2.05, 4.69) is 21.2 Å². The van der Waals surface area contributed by atoms with E-state index in [-0.39, 0.29) is 0 Å². The summed E-state index contributed by atoms with van der Waals surface area (Å²) >= 11 is 4.84. The number of hydrogen-bond donors (Lipinski definition) is 1. The van der Waals surface area contributed by atoms with E-state index in [0.717, 1.165) is 34.5 Å². The van der Waals surface area contributed by atoms with E-state index in [1.807, 2.05) is 13.8 Å². The van der Waals surface area contributed by atoms with Crippen LogP contribution in [0.3, 0.4) is 0 Å². The summed E-state index contributed by atoms with van der Waals surface area (Å²) in [5, 5.41) is 3.38. The first kappa shape index (κ1) is 16.4. The van der Waals surface area contributed by atoms with Crippen molar-refractivity contribution in [3.05, 3.63) is 14.7 Å². The highest BCUT2D eigenvalue weighted by Crippen LogP contribution is 2.31. The SMILES string of the molecule is CCCN(CC1CCCN1)S(=O)(=O)c1cc(Br)sc1C. The van der Waals surface area contributed by atoms with Crippen LogP contribution >= 0.6 is 27.3 Å². The number of hydrogen-bond acceptors (Lipinski definition) is 4. The fourth-order valence-electron chi connectivity index (χ4n) is 2.54. The van der Waals surface area contributed by atoms with Crippen LogP contribution in [0, 0.1) is 6.92 Å². The van der Waals surface area contributed by atoms with Crippen molar-refractivity contribution in [2.75, 3.05) is 19.6 Å². The van der Waals surface area contributed by atoms with Gasteiger partial charge in [0.2, 0.25) is 10.0 Å². The lowest BCUT2D eigenvalue weighted by Gasteiger charge is -2.24. The van der Waals surface area contributed by atoms with Gasteiger partial charge in [0, 0.05) is 24.0 Å². The highest BCUT2D eigenvalue weighted by Gasteiger charge is 2.29. The molecule has 0 spiro atoms. The minimum Gasteiger partial charge on any atom is -0.313 e. The smallest absolute Gasteiger partial charge is 0.244 e. The first-order valence-electron chi connectivity index (χ1n) is 6.94. The van der Waals surface area contributed by atoms with E-state index in [1.165, 1.54) is 11.3 Å². The van der Waals surface area contributed by atoms with E-state index >= 15 is 0 Å². The monoisotopic (exact) mass is 380 g/mol. The molecule has 1 aromatic rings. The van der Waals surface area contributed by atoms with Crippen LogP contribution in [0.1, 0.15) is 31.1 Å². The van der Waals surface area contributed by atoms with Crippen LogP contribution in [0.4, 0.5) is 0 Å². The van der Waals surface area contributed by atoms with Crippen LogP contribution in [0.2, 0.25) is 0 Å². The van der Waals surface area contributed by atoms with Gasteiger partial charge in [-0.3, -0.25) is 0 Å². The van der Waals surface area contributed by atoms with Crippen molar-refractivity contribution in [3.63, 3.8) is 0 Å². The minimum atomic E-state index is -3.39. The summed E-state index contributed by atoms with van der Waals surface area (Å²) in [4.78, 5) is 1.29. The summed E-state index contributed by atoms with van der Waals surface area (Å²) in [7, 11) is -3.39. The van der Waals surface area contributed by atoms with Crippen LogP contribution in [-0.4, -0.2) is 38.4 Å². The Labute approximate surface area is 133 Å². The molecule has 1 aliphatic heterocycles. The van der Waals surface area contributed by atoms with Crippen LogP contribution < -0.4 is 5.32 Å². The summed E-state index contributed by atoms with van der Waals surface area (Å²) in [5.41, 5.74) is 0. The van der Waals surface area contributed by atoms with Crippen LogP contribution in [0.25, 0.3) is 0 Å². The van der Waals surface area contributed by atoms with Gasteiger partial charge in [0.1, 0.15) is 0 Å². The fourth-order valence-corrected chi connectivity index (χ4v) is 6.50. The molecule has 1 fully saturated rings. The van der Waals surface area contributed by atoms with Crippen molar-refractivity contribution in [1.29, 1.82) is 0 Å². The summed E-state index contributed by atoms with van der Waals surface area (Å²) < 4.78 is 28.2. The number of aryl methyl sites for hydroxylation is 1. The topological polar surface area (TPSA) is 49.4 Å². The molecule has 4 nitrogen and oxygen atoms in total. The van der Waals surface area contributed by atoms with Gasteiger partial charge in [-0.1, -0.05) is 6.92 Å². The normalized spacial score (nSPS) is 19.9. The molecule has 0 radical (unpaired) electrons. The summed E-state index contributed by atoms with van der Waals surface area (Å²) in [6.45, 7) is 6.02. The summed E-state index contributed by atoms with van der Waals surface area (Å²) in [5.74, 6) is 0. The average molecular weight is 381 g/mol. The zero-order valence-corrected chi connectivity index (χ0v) is 15.1. The Hall–Kier alpha value is 0.0500. The molecule has 0 aliphatic carbocycles. The van der Waals surface area contributed by atoms with Crippen LogP contribution in [0.5, 0.6) is 0 Å². The molecule has 1 unspecified atom stereocenters. The Morgan fingerprint density at radius 2 is 2.30 bits per heavy atom. The quantitative estimate of drug-likeness (QED) is 0.824. The molecule has 1 N–H and O–H groups in total. The predicted molar refractivity (Wildman–Crippen MR) is 86.8 cm³/mol. The van der Waals surface area contributed by atoms with Crippen LogP contribution in [-0.2, 0) is 10.0 Å². The number of halogens is 1. The highest BCUT2D eigenvalue weighted by atomic mass is 79.9. The van der Waals surface area contributed by atoms with Crippen molar-refractivity contribution in [1.82, 2.24) is 9.62 Å². The van der Waals surface area contributed by atoms with Crippen molar-refractivity contribution >= 4 is 37.3 Å². The number of nitrogens with one attached hydrogen (secondary N) is 1. The molecule has 2 heterocycles. The third kappa shape index (κ3) is 3.62. The number of rotatable bonds is 6. The van der Waals surface area contributed by atoms with E-state index in [4.69, 9.17) is 0 Å².